The Kier molecular flexibility index (Phi) is 3.38. The van der Waals surface area contributed by atoms with Crippen molar-refractivity contribution in [1.29, 1.82) is 0 Å². The molecule has 0 aliphatic carbocycles. The van der Waals surface area contributed by atoms with E-state index in [1.165, 1.54) is 24.3 Å². The first kappa shape index (κ1) is 12.4. The second-order valence-corrected chi connectivity index (χ2v) is 3.92. The van der Waals surface area contributed by atoms with Gasteiger partial charge in [-0.25, -0.2) is 0 Å². The van der Waals surface area contributed by atoms with Crippen LogP contribution < -0.4 is 0 Å². The lowest BCUT2D eigenvalue weighted by Crippen LogP contribution is -2.38. The summed E-state index contributed by atoms with van der Waals surface area (Å²) in [5.74, 6) is -4.68. The van der Waals surface area contributed by atoms with Gasteiger partial charge in [0.05, 0.1) is 0 Å². The third kappa shape index (κ3) is 3.15. The molecule has 0 aliphatic rings. The smallest absolute Gasteiger partial charge is 0.196 e. The van der Waals surface area contributed by atoms with E-state index < -0.39 is 18.5 Å². The summed E-state index contributed by atoms with van der Waals surface area (Å²) in [6, 6.07) is 5.29. The third-order valence-electron chi connectivity index (χ3n) is 1.75. The average molecular weight is 289 g/mol. The van der Waals surface area contributed by atoms with Crippen LogP contribution in [0.4, 0.5) is 22.0 Å². The highest BCUT2D eigenvalue weighted by Gasteiger charge is 2.56. The lowest BCUT2D eigenvalue weighted by molar-refractivity contribution is -0.281. The van der Waals surface area contributed by atoms with Crippen LogP contribution >= 0.6 is 15.9 Å². The molecule has 0 unspecified atom stereocenters. The molecular weight excluding hydrogens is 283 g/mol. The van der Waals surface area contributed by atoms with Gasteiger partial charge in [0.15, 0.2) is 0 Å². The molecule has 15 heavy (non-hydrogen) atoms. The van der Waals surface area contributed by atoms with Crippen molar-refractivity contribution < 1.29 is 22.0 Å². The van der Waals surface area contributed by atoms with E-state index in [-0.39, 0.29) is 5.56 Å². The summed E-state index contributed by atoms with van der Waals surface area (Å²) in [6.45, 7) is 0. The normalized spacial score (nSPS) is 12.9. The molecule has 1 aromatic carbocycles. The van der Waals surface area contributed by atoms with Gasteiger partial charge in [-0.3, -0.25) is 0 Å². The number of hydrogen-bond donors (Lipinski definition) is 0. The quantitative estimate of drug-likeness (QED) is 0.716. The number of hydrogen-bond acceptors (Lipinski definition) is 0. The molecule has 0 fully saturated rings. The van der Waals surface area contributed by atoms with Gasteiger partial charge < -0.3 is 0 Å². The molecule has 6 heteroatoms. The van der Waals surface area contributed by atoms with Crippen molar-refractivity contribution >= 4 is 15.9 Å². The van der Waals surface area contributed by atoms with Crippen LogP contribution in [0.5, 0.6) is 0 Å². The van der Waals surface area contributed by atoms with Crippen molar-refractivity contribution in [3.8, 4) is 0 Å². The molecule has 0 saturated heterocycles. The summed E-state index contributed by atoms with van der Waals surface area (Å²) >= 11 is 3.05. The van der Waals surface area contributed by atoms with Crippen molar-refractivity contribution in [2.75, 3.05) is 0 Å². The number of benzene rings is 1. The maximum absolute atomic E-state index is 12.6. The fourth-order valence-corrected chi connectivity index (χ4v) is 1.22. The topological polar surface area (TPSA) is 0 Å². The summed E-state index contributed by atoms with van der Waals surface area (Å²) in [4.78, 5) is 0. The first-order valence-electron chi connectivity index (χ1n) is 3.91. The Bertz CT molecular complexity index is 327. The van der Waals surface area contributed by atoms with Crippen molar-refractivity contribution in [1.82, 2.24) is 0 Å². The van der Waals surface area contributed by atoms with Gasteiger partial charge in [-0.1, -0.05) is 28.1 Å². The van der Waals surface area contributed by atoms with Crippen LogP contribution in [-0.4, -0.2) is 12.1 Å². The van der Waals surface area contributed by atoms with Crippen molar-refractivity contribution in [2.45, 2.75) is 18.5 Å². The van der Waals surface area contributed by atoms with Gasteiger partial charge in [-0.2, -0.15) is 22.0 Å². The predicted octanol–water partition coefficient (Wildman–Crippen LogP) is 4.19. The molecule has 0 spiro atoms. The Labute approximate surface area is 91.2 Å². The molecule has 0 aromatic heterocycles. The van der Waals surface area contributed by atoms with Crippen LogP contribution in [0.25, 0.3) is 0 Å². The van der Waals surface area contributed by atoms with Gasteiger partial charge in [-0.05, 0) is 17.7 Å². The van der Waals surface area contributed by atoms with E-state index in [0.29, 0.717) is 4.47 Å². The molecule has 0 aliphatic heterocycles. The molecule has 0 amide bonds. The SMILES string of the molecule is FC(F)(F)C(F)(F)Cc1ccc(Br)cc1. The van der Waals surface area contributed by atoms with Gasteiger partial charge in [0.25, 0.3) is 0 Å². The molecule has 0 atom stereocenters. The number of halogens is 6. The molecule has 0 heterocycles. The van der Waals surface area contributed by atoms with E-state index in [0.717, 1.165) is 0 Å². The standard InChI is InChI=1S/C9H6BrF5/c10-7-3-1-6(2-4-7)5-8(11,12)9(13,14)15/h1-4H,5H2. The molecule has 0 bridgehead atoms. The fourth-order valence-electron chi connectivity index (χ4n) is 0.959. The highest BCUT2D eigenvalue weighted by Crippen LogP contribution is 2.38. The van der Waals surface area contributed by atoms with Crippen LogP contribution in [0.1, 0.15) is 5.56 Å². The van der Waals surface area contributed by atoms with E-state index in [9.17, 15) is 22.0 Å². The molecule has 0 radical (unpaired) electrons. The van der Waals surface area contributed by atoms with E-state index in [1.807, 2.05) is 0 Å². The second-order valence-electron chi connectivity index (χ2n) is 3.01. The third-order valence-corrected chi connectivity index (χ3v) is 2.28. The van der Waals surface area contributed by atoms with Gasteiger partial charge in [0.2, 0.25) is 0 Å². The molecule has 84 valence electrons. The Hall–Kier alpha value is -0.650. The molecule has 1 aromatic rings. The van der Waals surface area contributed by atoms with Gasteiger partial charge in [0.1, 0.15) is 0 Å². The predicted molar refractivity (Wildman–Crippen MR) is 48.8 cm³/mol. The average Bonchev–Trinajstić information content (AvgIpc) is 2.06. The monoisotopic (exact) mass is 288 g/mol. The Morgan fingerprint density at radius 1 is 0.933 bits per heavy atom. The van der Waals surface area contributed by atoms with E-state index in [2.05, 4.69) is 15.9 Å². The fraction of sp³-hybridized carbons (Fsp3) is 0.333. The van der Waals surface area contributed by atoms with Crippen molar-refractivity contribution in [2.24, 2.45) is 0 Å². The van der Waals surface area contributed by atoms with Gasteiger partial charge in [-0.15, -0.1) is 0 Å². The maximum Gasteiger partial charge on any atom is 0.453 e. The van der Waals surface area contributed by atoms with E-state index in [4.69, 9.17) is 0 Å². The summed E-state index contributed by atoms with van der Waals surface area (Å²) in [7, 11) is 0. The van der Waals surface area contributed by atoms with Crippen molar-refractivity contribution in [3.63, 3.8) is 0 Å². The lowest BCUT2D eigenvalue weighted by Gasteiger charge is -2.19. The van der Waals surface area contributed by atoms with E-state index in [1.54, 1.807) is 0 Å². The molecule has 1 rings (SSSR count). The minimum atomic E-state index is -5.50. The van der Waals surface area contributed by atoms with Gasteiger partial charge >= 0.3 is 12.1 Å². The van der Waals surface area contributed by atoms with E-state index >= 15 is 0 Å². The summed E-state index contributed by atoms with van der Waals surface area (Å²) in [5, 5.41) is 0. The molecule has 0 N–H and O–H groups in total. The highest BCUT2D eigenvalue weighted by molar-refractivity contribution is 9.10. The minimum absolute atomic E-state index is 0.0551. The Balaban J connectivity index is 2.82. The highest BCUT2D eigenvalue weighted by atomic mass is 79.9. The van der Waals surface area contributed by atoms with Crippen LogP contribution in [0.3, 0.4) is 0 Å². The summed E-state index contributed by atoms with van der Waals surface area (Å²) in [5.41, 5.74) is -0.0551. The summed E-state index contributed by atoms with van der Waals surface area (Å²) in [6.07, 6.45) is -6.83. The molecular formula is C9H6BrF5. The largest absolute Gasteiger partial charge is 0.453 e. The summed E-state index contributed by atoms with van der Waals surface area (Å²) < 4.78 is 61.3. The second kappa shape index (κ2) is 4.08. The lowest BCUT2D eigenvalue weighted by atomic mass is 10.1. The Morgan fingerprint density at radius 2 is 1.40 bits per heavy atom. The zero-order valence-electron chi connectivity index (χ0n) is 7.28. The zero-order chi connectivity index (χ0) is 11.7. The molecule has 0 nitrogen and oxygen atoms in total. The number of rotatable bonds is 2. The van der Waals surface area contributed by atoms with Crippen LogP contribution in [-0.2, 0) is 6.42 Å². The number of alkyl halides is 5. The van der Waals surface area contributed by atoms with Gasteiger partial charge in [0, 0.05) is 10.9 Å². The zero-order valence-corrected chi connectivity index (χ0v) is 8.87. The maximum atomic E-state index is 12.6. The first-order chi connectivity index (χ1) is 6.72. The van der Waals surface area contributed by atoms with Crippen LogP contribution in [0, 0.1) is 0 Å². The van der Waals surface area contributed by atoms with Crippen LogP contribution in [0.2, 0.25) is 0 Å². The minimum Gasteiger partial charge on any atom is -0.196 e. The Morgan fingerprint density at radius 3 is 1.80 bits per heavy atom. The molecule has 0 saturated carbocycles. The first-order valence-corrected chi connectivity index (χ1v) is 4.71. The van der Waals surface area contributed by atoms with Crippen LogP contribution in [0.15, 0.2) is 28.7 Å². The van der Waals surface area contributed by atoms with Crippen molar-refractivity contribution in [3.05, 3.63) is 34.3 Å².